The molecule has 1 N–H and O–H groups in total. The van der Waals surface area contributed by atoms with Gasteiger partial charge in [0, 0.05) is 24.7 Å². The number of rotatable bonds is 7. The molecule has 1 rings (SSSR count). The van der Waals surface area contributed by atoms with Crippen molar-refractivity contribution in [3.63, 3.8) is 0 Å². The van der Waals surface area contributed by atoms with Crippen molar-refractivity contribution in [2.45, 2.75) is 6.92 Å². The molecule has 0 atom stereocenters. The lowest BCUT2D eigenvalue weighted by Gasteiger charge is -2.10. The molecule has 90 valence electrons. The average molecular weight is 288 g/mol. The van der Waals surface area contributed by atoms with E-state index in [1.165, 1.54) is 0 Å². The van der Waals surface area contributed by atoms with E-state index in [1.807, 2.05) is 25.1 Å². The van der Waals surface area contributed by atoms with Gasteiger partial charge in [-0.3, -0.25) is 0 Å². The Hall–Kier alpha value is -0.580. The molecular formula is C12H18BrNO2. The van der Waals surface area contributed by atoms with Crippen LogP contribution >= 0.6 is 15.9 Å². The number of aryl methyl sites for hydroxylation is 1. The zero-order valence-corrected chi connectivity index (χ0v) is 11.3. The minimum Gasteiger partial charge on any atom is -0.492 e. The Bertz CT molecular complexity index is 318. The van der Waals surface area contributed by atoms with E-state index in [2.05, 4.69) is 21.2 Å². The van der Waals surface area contributed by atoms with Crippen molar-refractivity contribution < 1.29 is 9.47 Å². The second-order valence-corrected chi connectivity index (χ2v) is 4.42. The van der Waals surface area contributed by atoms with Gasteiger partial charge in [-0.2, -0.15) is 0 Å². The summed E-state index contributed by atoms with van der Waals surface area (Å²) in [6.07, 6.45) is 0. The van der Waals surface area contributed by atoms with Gasteiger partial charge in [0.2, 0.25) is 0 Å². The molecule has 3 nitrogen and oxygen atoms in total. The molecule has 1 aromatic carbocycles. The zero-order chi connectivity index (χ0) is 11.8. The third-order valence-corrected chi connectivity index (χ3v) is 2.66. The number of halogens is 1. The van der Waals surface area contributed by atoms with Crippen LogP contribution in [0.2, 0.25) is 0 Å². The first kappa shape index (κ1) is 13.5. The quantitative estimate of drug-likeness (QED) is 0.781. The maximum absolute atomic E-state index is 5.66. The molecule has 0 amide bonds. The summed E-state index contributed by atoms with van der Waals surface area (Å²) in [6.45, 7) is 5.13. The number of ether oxygens (including phenoxy) is 2. The standard InChI is InChI=1S/C12H18BrNO2/c1-10-3-4-11(13)9-12(10)16-8-6-14-5-7-15-2/h3-4,9,14H,5-8H2,1-2H3. The molecule has 0 aromatic heterocycles. The molecule has 4 heteroatoms. The molecule has 0 fully saturated rings. The van der Waals surface area contributed by atoms with Crippen molar-refractivity contribution in [3.8, 4) is 5.75 Å². The first-order valence-electron chi connectivity index (χ1n) is 5.32. The van der Waals surface area contributed by atoms with Gasteiger partial charge in [-0.15, -0.1) is 0 Å². The SMILES string of the molecule is COCCNCCOc1cc(Br)ccc1C. The molecule has 0 unspecified atom stereocenters. The van der Waals surface area contributed by atoms with Crippen LogP contribution in [-0.4, -0.2) is 33.4 Å². The smallest absolute Gasteiger partial charge is 0.123 e. The van der Waals surface area contributed by atoms with Crippen molar-refractivity contribution in [3.05, 3.63) is 28.2 Å². The van der Waals surface area contributed by atoms with Crippen LogP contribution in [0.5, 0.6) is 5.75 Å². The molecule has 0 saturated carbocycles. The fourth-order valence-corrected chi connectivity index (χ4v) is 1.60. The number of hydrogen-bond donors (Lipinski definition) is 1. The van der Waals surface area contributed by atoms with Crippen LogP contribution in [0.4, 0.5) is 0 Å². The summed E-state index contributed by atoms with van der Waals surface area (Å²) < 4.78 is 11.6. The third-order valence-electron chi connectivity index (χ3n) is 2.17. The van der Waals surface area contributed by atoms with Gasteiger partial charge in [-0.05, 0) is 24.6 Å². The molecule has 1 aromatic rings. The maximum atomic E-state index is 5.66. The second kappa shape index (κ2) is 7.65. The van der Waals surface area contributed by atoms with Crippen LogP contribution < -0.4 is 10.1 Å². The van der Waals surface area contributed by atoms with E-state index in [0.29, 0.717) is 6.61 Å². The van der Waals surface area contributed by atoms with Gasteiger partial charge in [0.05, 0.1) is 6.61 Å². The van der Waals surface area contributed by atoms with Gasteiger partial charge in [0.15, 0.2) is 0 Å². The number of benzene rings is 1. The third kappa shape index (κ3) is 4.96. The average Bonchev–Trinajstić information content (AvgIpc) is 2.28. The first-order chi connectivity index (χ1) is 7.74. The van der Waals surface area contributed by atoms with E-state index in [9.17, 15) is 0 Å². The monoisotopic (exact) mass is 287 g/mol. The number of hydrogen-bond acceptors (Lipinski definition) is 3. The predicted molar refractivity (Wildman–Crippen MR) is 69.1 cm³/mol. The van der Waals surface area contributed by atoms with E-state index in [-0.39, 0.29) is 0 Å². The Morgan fingerprint density at radius 1 is 1.25 bits per heavy atom. The van der Waals surface area contributed by atoms with Crippen LogP contribution in [0.3, 0.4) is 0 Å². The van der Waals surface area contributed by atoms with Crippen LogP contribution in [0.25, 0.3) is 0 Å². The van der Waals surface area contributed by atoms with Crippen molar-refractivity contribution in [2.75, 3.05) is 33.4 Å². The number of nitrogens with one attached hydrogen (secondary N) is 1. The molecule has 0 bridgehead atoms. The maximum Gasteiger partial charge on any atom is 0.123 e. The Morgan fingerprint density at radius 2 is 2.00 bits per heavy atom. The predicted octanol–water partition coefficient (Wildman–Crippen LogP) is 2.37. The fourth-order valence-electron chi connectivity index (χ4n) is 1.26. The molecule has 0 aliphatic rings. The second-order valence-electron chi connectivity index (χ2n) is 3.50. The summed E-state index contributed by atoms with van der Waals surface area (Å²) in [4.78, 5) is 0. The summed E-state index contributed by atoms with van der Waals surface area (Å²) in [6, 6.07) is 6.04. The van der Waals surface area contributed by atoms with Gasteiger partial charge >= 0.3 is 0 Å². The van der Waals surface area contributed by atoms with E-state index >= 15 is 0 Å². The van der Waals surface area contributed by atoms with Crippen molar-refractivity contribution in [1.82, 2.24) is 5.32 Å². The molecule has 0 spiro atoms. The Labute approximate surface area is 105 Å². The van der Waals surface area contributed by atoms with Crippen LogP contribution in [0.1, 0.15) is 5.56 Å². The summed E-state index contributed by atoms with van der Waals surface area (Å²) >= 11 is 3.43. The fraction of sp³-hybridized carbons (Fsp3) is 0.500. The summed E-state index contributed by atoms with van der Waals surface area (Å²) in [5.74, 6) is 0.933. The van der Waals surface area contributed by atoms with Crippen LogP contribution in [0.15, 0.2) is 22.7 Å². The lowest BCUT2D eigenvalue weighted by atomic mass is 10.2. The van der Waals surface area contributed by atoms with Crippen LogP contribution in [0, 0.1) is 6.92 Å². The Balaban J connectivity index is 2.23. The van der Waals surface area contributed by atoms with Gasteiger partial charge in [-0.25, -0.2) is 0 Å². The van der Waals surface area contributed by atoms with E-state index < -0.39 is 0 Å². The van der Waals surface area contributed by atoms with E-state index in [0.717, 1.165) is 35.5 Å². The highest BCUT2D eigenvalue weighted by molar-refractivity contribution is 9.10. The highest BCUT2D eigenvalue weighted by Gasteiger charge is 1.99. The van der Waals surface area contributed by atoms with Crippen molar-refractivity contribution in [2.24, 2.45) is 0 Å². The minimum absolute atomic E-state index is 0.668. The van der Waals surface area contributed by atoms with Gasteiger partial charge in [0.1, 0.15) is 12.4 Å². The van der Waals surface area contributed by atoms with Crippen molar-refractivity contribution in [1.29, 1.82) is 0 Å². The number of methoxy groups -OCH3 is 1. The zero-order valence-electron chi connectivity index (χ0n) is 9.75. The van der Waals surface area contributed by atoms with Crippen molar-refractivity contribution >= 4 is 15.9 Å². The van der Waals surface area contributed by atoms with Crippen LogP contribution in [-0.2, 0) is 4.74 Å². The topological polar surface area (TPSA) is 30.5 Å². The molecule has 0 radical (unpaired) electrons. The summed E-state index contributed by atoms with van der Waals surface area (Å²) in [7, 11) is 1.70. The largest absolute Gasteiger partial charge is 0.492 e. The normalized spacial score (nSPS) is 10.4. The molecular weight excluding hydrogens is 270 g/mol. The summed E-state index contributed by atoms with van der Waals surface area (Å²) in [5, 5.41) is 3.23. The Morgan fingerprint density at radius 3 is 2.75 bits per heavy atom. The summed E-state index contributed by atoms with van der Waals surface area (Å²) in [5.41, 5.74) is 1.15. The Kier molecular flexibility index (Phi) is 6.45. The van der Waals surface area contributed by atoms with Gasteiger partial charge in [-0.1, -0.05) is 22.0 Å². The highest BCUT2D eigenvalue weighted by atomic mass is 79.9. The minimum atomic E-state index is 0.668. The van der Waals surface area contributed by atoms with Gasteiger partial charge in [0.25, 0.3) is 0 Å². The first-order valence-corrected chi connectivity index (χ1v) is 6.12. The molecule has 0 heterocycles. The molecule has 0 aliphatic heterocycles. The lowest BCUT2D eigenvalue weighted by Crippen LogP contribution is -2.24. The van der Waals surface area contributed by atoms with Gasteiger partial charge < -0.3 is 14.8 Å². The van der Waals surface area contributed by atoms with E-state index in [1.54, 1.807) is 7.11 Å². The molecule has 0 aliphatic carbocycles. The molecule has 0 saturated heterocycles. The lowest BCUT2D eigenvalue weighted by molar-refractivity contribution is 0.196. The molecule has 16 heavy (non-hydrogen) atoms. The highest BCUT2D eigenvalue weighted by Crippen LogP contribution is 2.22. The van der Waals surface area contributed by atoms with E-state index in [4.69, 9.17) is 9.47 Å².